The highest BCUT2D eigenvalue weighted by Crippen LogP contribution is 2.30. The van der Waals surface area contributed by atoms with E-state index in [2.05, 4.69) is 39.6 Å². The van der Waals surface area contributed by atoms with E-state index in [1.165, 1.54) is 15.6 Å². The maximum atomic E-state index is 4.67. The van der Waals surface area contributed by atoms with Crippen molar-refractivity contribution >= 4 is 11.3 Å². The second kappa shape index (κ2) is 4.23. The monoisotopic (exact) mass is 197 g/mol. The van der Waals surface area contributed by atoms with Crippen LogP contribution in [0.4, 0.5) is 0 Å². The van der Waals surface area contributed by atoms with E-state index in [-0.39, 0.29) is 0 Å². The summed E-state index contributed by atoms with van der Waals surface area (Å²) in [6.45, 7) is 11.1. The summed E-state index contributed by atoms with van der Waals surface area (Å²) in [5.41, 5.74) is 1.31. The predicted octanol–water partition coefficient (Wildman–Crippen LogP) is 3.95. The van der Waals surface area contributed by atoms with Crippen LogP contribution < -0.4 is 0 Å². The second-order valence-electron chi connectivity index (χ2n) is 4.03. The van der Waals surface area contributed by atoms with Gasteiger partial charge in [0.15, 0.2) is 0 Å². The molecular weight excluding hydrogens is 178 g/mol. The van der Waals surface area contributed by atoms with Gasteiger partial charge in [-0.25, -0.2) is 4.98 Å². The van der Waals surface area contributed by atoms with Crippen molar-refractivity contribution in [2.75, 3.05) is 0 Å². The van der Waals surface area contributed by atoms with E-state index in [0.29, 0.717) is 11.8 Å². The number of hydrogen-bond donors (Lipinski definition) is 0. The highest BCUT2D eigenvalue weighted by Gasteiger charge is 2.14. The summed E-state index contributed by atoms with van der Waals surface area (Å²) in [5, 5.41) is 1.29. The van der Waals surface area contributed by atoms with E-state index >= 15 is 0 Å². The van der Waals surface area contributed by atoms with Crippen molar-refractivity contribution < 1.29 is 0 Å². The molecule has 0 bridgehead atoms. The number of aryl methyl sites for hydroxylation is 1. The Morgan fingerprint density at radius 2 is 1.77 bits per heavy atom. The van der Waals surface area contributed by atoms with Crippen LogP contribution in [-0.4, -0.2) is 4.98 Å². The zero-order valence-corrected chi connectivity index (χ0v) is 10.0. The third kappa shape index (κ3) is 2.31. The van der Waals surface area contributed by atoms with E-state index in [1.807, 2.05) is 11.3 Å². The molecule has 0 spiro atoms. The summed E-state index contributed by atoms with van der Waals surface area (Å²) in [4.78, 5) is 6.15. The van der Waals surface area contributed by atoms with Gasteiger partial charge in [-0.05, 0) is 12.3 Å². The molecule has 0 fully saturated rings. The topological polar surface area (TPSA) is 12.9 Å². The highest BCUT2D eigenvalue weighted by molar-refractivity contribution is 7.11. The summed E-state index contributed by atoms with van der Waals surface area (Å²) in [5.74, 6) is 1.20. The molecule has 1 aromatic rings. The third-order valence-corrected chi connectivity index (χ3v) is 3.80. The fourth-order valence-electron chi connectivity index (χ4n) is 1.33. The lowest BCUT2D eigenvalue weighted by Gasteiger charge is -2.01. The van der Waals surface area contributed by atoms with Crippen molar-refractivity contribution in [2.45, 2.75) is 52.9 Å². The molecule has 1 rings (SSSR count). The lowest BCUT2D eigenvalue weighted by atomic mass is 10.1. The van der Waals surface area contributed by atoms with E-state index in [1.54, 1.807) is 0 Å². The Labute approximate surface area is 85.2 Å². The average Bonchev–Trinajstić information content (AvgIpc) is 2.47. The average molecular weight is 197 g/mol. The molecule has 0 aromatic carbocycles. The standard InChI is InChI=1S/C11H19NS/c1-6-9-10(7(2)3)13-11(12-9)8(4)5/h7-8H,6H2,1-5H3. The predicted molar refractivity (Wildman–Crippen MR) is 59.7 cm³/mol. The molecule has 0 saturated heterocycles. The minimum absolute atomic E-state index is 0.572. The van der Waals surface area contributed by atoms with Gasteiger partial charge in [-0.15, -0.1) is 11.3 Å². The zero-order valence-electron chi connectivity index (χ0n) is 9.22. The number of aromatic nitrogens is 1. The Hall–Kier alpha value is -0.370. The molecule has 1 heterocycles. The van der Waals surface area contributed by atoms with Crippen LogP contribution in [-0.2, 0) is 6.42 Å². The van der Waals surface area contributed by atoms with E-state index in [9.17, 15) is 0 Å². The maximum absolute atomic E-state index is 4.67. The first kappa shape index (κ1) is 10.7. The van der Waals surface area contributed by atoms with Gasteiger partial charge >= 0.3 is 0 Å². The van der Waals surface area contributed by atoms with Gasteiger partial charge in [-0.1, -0.05) is 34.6 Å². The smallest absolute Gasteiger partial charge is 0.0956 e. The first-order valence-corrected chi connectivity index (χ1v) is 5.87. The van der Waals surface area contributed by atoms with Crippen LogP contribution in [0.25, 0.3) is 0 Å². The molecule has 0 unspecified atom stereocenters. The van der Waals surface area contributed by atoms with Crippen molar-refractivity contribution in [3.63, 3.8) is 0 Å². The molecule has 1 nitrogen and oxygen atoms in total. The first-order valence-electron chi connectivity index (χ1n) is 5.05. The zero-order chi connectivity index (χ0) is 10.0. The first-order chi connectivity index (χ1) is 6.06. The molecule has 1 aromatic heterocycles. The van der Waals surface area contributed by atoms with Crippen molar-refractivity contribution in [1.82, 2.24) is 4.98 Å². The second-order valence-corrected chi connectivity index (χ2v) is 5.09. The van der Waals surface area contributed by atoms with Crippen LogP contribution in [0, 0.1) is 0 Å². The number of hydrogen-bond acceptors (Lipinski definition) is 2. The van der Waals surface area contributed by atoms with Gasteiger partial charge in [-0.2, -0.15) is 0 Å². The van der Waals surface area contributed by atoms with Gasteiger partial charge in [0, 0.05) is 10.8 Å². The molecule has 0 N–H and O–H groups in total. The SMILES string of the molecule is CCc1nc(C(C)C)sc1C(C)C. The summed E-state index contributed by atoms with van der Waals surface area (Å²) in [6.07, 6.45) is 1.07. The van der Waals surface area contributed by atoms with Gasteiger partial charge in [0.05, 0.1) is 10.7 Å². The number of thiazole rings is 1. The molecule has 0 radical (unpaired) electrons. The summed E-state index contributed by atoms with van der Waals surface area (Å²) < 4.78 is 0. The molecule has 74 valence electrons. The maximum Gasteiger partial charge on any atom is 0.0956 e. The van der Waals surface area contributed by atoms with Gasteiger partial charge in [0.2, 0.25) is 0 Å². The van der Waals surface area contributed by atoms with Crippen LogP contribution in [0.1, 0.15) is 62.0 Å². The molecule has 0 aliphatic heterocycles. The minimum atomic E-state index is 0.572. The highest BCUT2D eigenvalue weighted by atomic mass is 32.1. The number of rotatable bonds is 3. The fourth-order valence-corrected chi connectivity index (χ4v) is 2.49. The molecule has 0 atom stereocenters. The van der Waals surface area contributed by atoms with Crippen molar-refractivity contribution in [3.05, 3.63) is 15.6 Å². The van der Waals surface area contributed by atoms with Crippen molar-refractivity contribution in [3.8, 4) is 0 Å². The third-order valence-electron chi connectivity index (χ3n) is 2.10. The van der Waals surface area contributed by atoms with Crippen molar-refractivity contribution in [2.24, 2.45) is 0 Å². The molecule has 13 heavy (non-hydrogen) atoms. The number of nitrogens with zero attached hydrogens (tertiary/aromatic N) is 1. The van der Waals surface area contributed by atoms with E-state index in [4.69, 9.17) is 0 Å². The quantitative estimate of drug-likeness (QED) is 0.715. The lowest BCUT2D eigenvalue weighted by Crippen LogP contribution is -1.90. The van der Waals surface area contributed by atoms with Crippen LogP contribution in [0.2, 0.25) is 0 Å². The molecule has 0 aliphatic rings. The largest absolute Gasteiger partial charge is 0.246 e. The summed E-state index contributed by atoms with van der Waals surface area (Å²) in [6, 6.07) is 0. The van der Waals surface area contributed by atoms with Crippen molar-refractivity contribution in [1.29, 1.82) is 0 Å². The normalized spacial score (nSPS) is 11.6. The van der Waals surface area contributed by atoms with E-state index < -0.39 is 0 Å². The van der Waals surface area contributed by atoms with Gasteiger partial charge < -0.3 is 0 Å². The van der Waals surface area contributed by atoms with Crippen LogP contribution >= 0.6 is 11.3 Å². The van der Waals surface area contributed by atoms with Gasteiger partial charge in [0.1, 0.15) is 0 Å². The molecule has 0 amide bonds. The Morgan fingerprint density at radius 3 is 2.08 bits per heavy atom. The molecular formula is C11H19NS. The molecule has 0 aliphatic carbocycles. The fraction of sp³-hybridized carbons (Fsp3) is 0.727. The Kier molecular flexibility index (Phi) is 3.48. The van der Waals surface area contributed by atoms with Gasteiger partial charge in [-0.3, -0.25) is 0 Å². The van der Waals surface area contributed by atoms with E-state index in [0.717, 1.165) is 6.42 Å². The van der Waals surface area contributed by atoms with Crippen LogP contribution in [0.5, 0.6) is 0 Å². The Morgan fingerprint density at radius 1 is 1.15 bits per heavy atom. The Bertz CT molecular complexity index is 274. The summed E-state index contributed by atoms with van der Waals surface area (Å²) in [7, 11) is 0. The summed E-state index contributed by atoms with van der Waals surface area (Å²) >= 11 is 1.89. The minimum Gasteiger partial charge on any atom is -0.246 e. The van der Waals surface area contributed by atoms with Crippen LogP contribution in [0.3, 0.4) is 0 Å². The van der Waals surface area contributed by atoms with Gasteiger partial charge in [0.25, 0.3) is 0 Å². The molecule has 0 saturated carbocycles. The van der Waals surface area contributed by atoms with Crippen LogP contribution in [0.15, 0.2) is 0 Å². The Balaban J connectivity index is 3.04. The molecule has 2 heteroatoms. The lowest BCUT2D eigenvalue weighted by molar-refractivity contribution is 0.825.